The molecule has 1 aromatic heterocycles. The highest BCUT2D eigenvalue weighted by Crippen LogP contribution is 2.35. The molecule has 1 heterocycles. The van der Waals surface area contributed by atoms with Crippen LogP contribution in [0.2, 0.25) is 0 Å². The molecular formula is C10H11BrF3NO2. The SMILES string of the molecule is OC(CCBr)C(O)c1cnccc1C(F)(F)F. The van der Waals surface area contributed by atoms with Crippen LogP contribution in [0.5, 0.6) is 0 Å². The second-order valence-electron chi connectivity index (χ2n) is 3.45. The molecule has 7 heteroatoms. The Morgan fingerprint density at radius 3 is 2.53 bits per heavy atom. The predicted molar refractivity (Wildman–Crippen MR) is 58.6 cm³/mol. The Hall–Kier alpha value is -0.660. The molecule has 1 aromatic rings. The number of aromatic nitrogens is 1. The summed E-state index contributed by atoms with van der Waals surface area (Å²) in [5.74, 6) is 0. The maximum Gasteiger partial charge on any atom is 0.416 e. The van der Waals surface area contributed by atoms with Gasteiger partial charge in [-0.25, -0.2) is 0 Å². The highest BCUT2D eigenvalue weighted by Gasteiger charge is 2.36. The van der Waals surface area contributed by atoms with E-state index in [4.69, 9.17) is 0 Å². The lowest BCUT2D eigenvalue weighted by atomic mass is 9.99. The van der Waals surface area contributed by atoms with E-state index in [1.165, 1.54) is 0 Å². The highest BCUT2D eigenvalue weighted by atomic mass is 79.9. The molecule has 3 nitrogen and oxygen atoms in total. The summed E-state index contributed by atoms with van der Waals surface area (Å²) in [5.41, 5.74) is -1.39. The third-order valence-electron chi connectivity index (χ3n) is 2.25. The van der Waals surface area contributed by atoms with Crippen molar-refractivity contribution >= 4 is 15.9 Å². The second-order valence-corrected chi connectivity index (χ2v) is 4.24. The fourth-order valence-electron chi connectivity index (χ4n) is 1.38. The van der Waals surface area contributed by atoms with Crippen LogP contribution in [0.25, 0.3) is 0 Å². The topological polar surface area (TPSA) is 53.4 Å². The number of hydrogen-bond donors (Lipinski definition) is 2. The van der Waals surface area contributed by atoms with Crippen molar-refractivity contribution in [2.75, 3.05) is 5.33 Å². The number of alkyl halides is 4. The number of rotatable bonds is 4. The van der Waals surface area contributed by atoms with Crippen LogP contribution < -0.4 is 0 Å². The summed E-state index contributed by atoms with van der Waals surface area (Å²) >= 11 is 3.04. The highest BCUT2D eigenvalue weighted by molar-refractivity contribution is 9.09. The van der Waals surface area contributed by atoms with Crippen molar-refractivity contribution in [1.82, 2.24) is 4.98 Å². The Labute approximate surface area is 104 Å². The van der Waals surface area contributed by atoms with Crippen molar-refractivity contribution in [2.45, 2.75) is 24.8 Å². The molecule has 0 aromatic carbocycles. The van der Waals surface area contributed by atoms with Gasteiger partial charge in [0.05, 0.1) is 11.7 Å². The number of nitrogens with zero attached hydrogens (tertiary/aromatic N) is 1. The first-order chi connectivity index (χ1) is 7.88. The molecule has 0 fully saturated rings. The van der Waals surface area contributed by atoms with Gasteiger partial charge in [0, 0.05) is 23.3 Å². The van der Waals surface area contributed by atoms with Crippen LogP contribution in [-0.4, -0.2) is 26.6 Å². The summed E-state index contributed by atoms with van der Waals surface area (Å²) in [5, 5.41) is 19.5. The summed E-state index contributed by atoms with van der Waals surface area (Å²) < 4.78 is 37.9. The molecule has 0 aliphatic carbocycles. The number of halogens is 4. The van der Waals surface area contributed by atoms with E-state index in [1.54, 1.807) is 0 Å². The van der Waals surface area contributed by atoms with Gasteiger partial charge in [-0.05, 0) is 12.5 Å². The molecule has 0 spiro atoms. The van der Waals surface area contributed by atoms with Gasteiger partial charge in [0.15, 0.2) is 0 Å². The van der Waals surface area contributed by atoms with Crippen molar-refractivity contribution in [2.24, 2.45) is 0 Å². The van der Waals surface area contributed by atoms with Gasteiger partial charge < -0.3 is 10.2 Å². The molecule has 0 aliphatic heterocycles. The maximum atomic E-state index is 12.6. The third kappa shape index (κ3) is 3.65. The average Bonchev–Trinajstić information content (AvgIpc) is 2.27. The van der Waals surface area contributed by atoms with Crippen LogP contribution in [0, 0.1) is 0 Å². The fraction of sp³-hybridized carbons (Fsp3) is 0.500. The largest absolute Gasteiger partial charge is 0.416 e. The van der Waals surface area contributed by atoms with Gasteiger partial charge in [-0.15, -0.1) is 0 Å². The van der Waals surface area contributed by atoms with Gasteiger partial charge in [0.1, 0.15) is 6.10 Å². The first-order valence-corrected chi connectivity index (χ1v) is 5.93. The molecule has 2 atom stereocenters. The first-order valence-electron chi connectivity index (χ1n) is 4.81. The van der Waals surface area contributed by atoms with E-state index in [2.05, 4.69) is 20.9 Å². The zero-order valence-electron chi connectivity index (χ0n) is 8.65. The van der Waals surface area contributed by atoms with E-state index in [-0.39, 0.29) is 6.42 Å². The minimum atomic E-state index is -4.58. The van der Waals surface area contributed by atoms with Crippen LogP contribution in [0.4, 0.5) is 13.2 Å². The maximum absolute atomic E-state index is 12.6. The van der Waals surface area contributed by atoms with Gasteiger partial charge in [0.2, 0.25) is 0 Å². The standard InChI is InChI=1S/C10H11BrF3NO2/c11-3-1-8(16)9(17)6-5-15-4-2-7(6)10(12,13)14/h2,4-5,8-9,16-17H,1,3H2. The van der Waals surface area contributed by atoms with E-state index < -0.39 is 29.5 Å². The van der Waals surface area contributed by atoms with Crippen LogP contribution >= 0.6 is 15.9 Å². The van der Waals surface area contributed by atoms with E-state index in [9.17, 15) is 23.4 Å². The Bertz CT molecular complexity index is 373. The third-order valence-corrected chi connectivity index (χ3v) is 2.70. The number of aliphatic hydroxyl groups excluding tert-OH is 2. The number of pyridine rings is 1. The minimum absolute atomic E-state index is 0.146. The number of hydrogen-bond acceptors (Lipinski definition) is 3. The Kier molecular flexibility index (Phi) is 4.91. The summed E-state index contributed by atoms with van der Waals surface area (Å²) in [4.78, 5) is 3.54. The van der Waals surface area contributed by atoms with Crippen molar-refractivity contribution in [3.63, 3.8) is 0 Å². The van der Waals surface area contributed by atoms with Crippen molar-refractivity contribution in [1.29, 1.82) is 0 Å². The molecule has 2 unspecified atom stereocenters. The van der Waals surface area contributed by atoms with E-state index in [1.807, 2.05) is 0 Å². The Morgan fingerprint density at radius 2 is 2.00 bits per heavy atom. The summed E-state index contributed by atoms with van der Waals surface area (Å²) in [6.45, 7) is 0. The van der Waals surface area contributed by atoms with Crippen LogP contribution in [0.15, 0.2) is 18.5 Å². The molecule has 0 aliphatic rings. The van der Waals surface area contributed by atoms with Crippen LogP contribution in [-0.2, 0) is 6.18 Å². The monoisotopic (exact) mass is 313 g/mol. The summed E-state index contributed by atoms with van der Waals surface area (Å²) in [7, 11) is 0. The van der Waals surface area contributed by atoms with Crippen molar-refractivity contribution in [3.8, 4) is 0 Å². The quantitative estimate of drug-likeness (QED) is 0.839. The first kappa shape index (κ1) is 14.4. The zero-order chi connectivity index (χ0) is 13.1. The van der Waals surface area contributed by atoms with E-state index in [0.29, 0.717) is 5.33 Å². The van der Waals surface area contributed by atoms with Crippen LogP contribution in [0.1, 0.15) is 23.7 Å². The van der Waals surface area contributed by atoms with Crippen molar-refractivity contribution < 1.29 is 23.4 Å². The average molecular weight is 314 g/mol. The van der Waals surface area contributed by atoms with Gasteiger partial charge in [-0.1, -0.05) is 15.9 Å². The lowest BCUT2D eigenvalue weighted by Crippen LogP contribution is -2.22. The summed E-state index contributed by atoms with van der Waals surface area (Å²) in [6, 6.07) is 0.777. The Balaban J connectivity index is 3.05. The lowest BCUT2D eigenvalue weighted by molar-refractivity contribution is -0.140. The molecule has 17 heavy (non-hydrogen) atoms. The molecule has 0 amide bonds. The van der Waals surface area contributed by atoms with Crippen LogP contribution in [0.3, 0.4) is 0 Å². The van der Waals surface area contributed by atoms with Crippen molar-refractivity contribution in [3.05, 3.63) is 29.6 Å². The fourth-order valence-corrected chi connectivity index (χ4v) is 1.85. The smallest absolute Gasteiger partial charge is 0.390 e. The molecule has 2 N–H and O–H groups in total. The minimum Gasteiger partial charge on any atom is -0.390 e. The van der Waals surface area contributed by atoms with Gasteiger partial charge in [-0.2, -0.15) is 13.2 Å². The molecule has 0 radical (unpaired) electrons. The van der Waals surface area contributed by atoms with Gasteiger partial charge >= 0.3 is 6.18 Å². The Morgan fingerprint density at radius 1 is 1.35 bits per heavy atom. The van der Waals surface area contributed by atoms with Gasteiger partial charge in [-0.3, -0.25) is 4.98 Å². The normalized spacial score (nSPS) is 15.6. The molecular weight excluding hydrogens is 303 g/mol. The lowest BCUT2D eigenvalue weighted by Gasteiger charge is -2.20. The van der Waals surface area contributed by atoms with E-state index in [0.717, 1.165) is 18.5 Å². The molecule has 0 bridgehead atoms. The molecule has 1 rings (SSSR count). The molecule has 0 saturated carbocycles. The molecule has 0 saturated heterocycles. The second kappa shape index (κ2) is 5.79. The van der Waals surface area contributed by atoms with Gasteiger partial charge in [0.25, 0.3) is 0 Å². The zero-order valence-corrected chi connectivity index (χ0v) is 10.2. The van der Waals surface area contributed by atoms with E-state index >= 15 is 0 Å². The molecule has 96 valence electrons. The number of aliphatic hydroxyl groups is 2. The predicted octanol–water partition coefficient (Wildman–Crippen LogP) is 2.28. The summed E-state index contributed by atoms with van der Waals surface area (Å²) in [6.07, 6.45) is -5.38.